The number of thiazole rings is 1. The largest absolute Gasteiger partial charge is 0.311 e. The van der Waals surface area contributed by atoms with Gasteiger partial charge in [0.1, 0.15) is 10.1 Å². The molecule has 3 rings (SSSR count). The van der Waals surface area contributed by atoms with Crippen LogP contribution in [0.1, 0.15) is 19.0 Å². The highest BCUT2D eigenvalue weighted by Gasteiger charge is 2.14. The van der Waals surface area contributed by atoms with Gasteiger partial charge in [-0.05, 0) is 36.9 Å². The molecule has 0 fully saturated rings. The van der Waals surface area contributed by atoms with Crippen molar-refractivity contribution in [2.24, 2.45) is 0 Å². The number of halogens is 1. The summed E-state index contributed by atoms with van der Waals surface area (Å²) in [5, 5.41) is 8.05. The number of nitrogens with zero attached hydrogens (tertiary/aromatic N) is 3. The predicted molar refractivity (Wildman–Crippen MR) is 88.4 cm³/mol. The molecule has 1 N–H and O–H groups in total. The summed E-state index contributed by atoms with van der Waals surface area (Å²) in [7, 11) is 0. The van der Waals surface area contributed by atoms with E-state index in [1.165, 1.54) is 5.69 Å². The fourth-order valence-electron chi connectivity index (χ4n) is 1.96. The topological polar surface area (TPSA) is 42.2 Å². The number of rotatable bonds is 6. The maximum atomic E-state index is 5.88. The molecule has 21 heavy (non-hydrogen) atoms. The summed E-state index contributed by atoms with van der Waals surface area (Å²) in [4.78, 5) is 10.0. The van der Waals surface area contributed by atoms with Crippen molar-refractivity contribution in [1.29, 1.82) is 0 Å². The molecule has 0 aromatic carbocycles. The number of aromatic nitrogens is 3. The molecule has 0 bridgehead atoms. The molecule has 3 aromatic heterocycles. The molecular weight excluding hydrogens is 324 g/mol. The third kappa shape index (κ3) is 3.40. The predicted octanol–water partition coefficient (Wildman–Crippen LogP) is 4.10. The summed E-state index contributed by atoms with van der Waals surface area (Å²) in [5.74, 6) is 0. The van der Waals surface area contributed by atoms with Gasteiger partial charge in [0.2, 0.25) is 0 Å². The Morgan fingerprint density at radius 1 is 1.43 bits per heavy atom. The van der Waals surface area contributed by atoms with Crippen LogP contribution in [0.3, 0.4) is 0 Å². The molecule has 0 aliphatic heterocycles. The Kier molecular flexibility index (Phi) is 4.80. The number of hydrogen-bond donors (Lipinski definition) is 1. The van der Waals surface area contributed by atoms with Gasteiger partial charge in [0.05, 0.1) is 10.7 Å². The fraction of sp³-hybridized carbons (Fsp3) is 0.286. The minimum Gasteiger partial charge on any atom is -0.311 e. The van der Waals surface area contributed by atoms with E-state index in [2.05, 4.69) is 33.2 Å². The normalized spacial score (nSPS) is 11.3. The van der Waals surface area contributed by atoms with E-state index in [1.807, 2.05) is 12.1 Å². The van der Waals surface area contributed by atoms with Crippen LogP contribution in [-0.4, -0.2) is 20.9 Å². The molecule has 3 heterocycles. The van der Waals surface area contributed by atoms with E-state index in [0.29, 0.717) is 5.02 Å². The highest BCUT2D eigenvalue weighted by molar-refractivity contribution is 7.99. The second-order valence-corrected chi connectivity index (χ2v) is 6.83. The second-order valence-electron chi connectivity index (χ2n) is 4.51. The van der Waals surface area contributed by atoms with Crippen molar-refractivity contribution < 1.29 is 0 Å². The van der Waals surface area contributed by atoms with Crippen LogP contribution < -0.4 is 5.32 Å². The van der Waals surface area contributed by atoms with Crippen molar-refractivity contribution in [1.82, 2.24) is 19.7 Å². The van der Waals surface area contributed by atoms with Crippen LogP contribution in [-0.2, 0) is 6.54 Å². The number of hydrogen-bond acceptors (Lipinski definition) is 5. The van der Waals surface area contributed by atoms with Gasteiger partial charge in [0, 0.05) is 24.3 Å². The molecule has 7 heteroatoms. The molecule has 0 unspecified atom stereocenters. The average Bonchev–Trinajstić information content (AvgIpc) is 3.04. The van der Waals surface area contributed by atoms with Gasteiger partial charge in [-0.1, -0.05) is 18.5 Å². The van der Waals surface area contributed by atoms with Crippen LogP contribution in [0.2, 0.25) is 5.02 Å². The summed E-state index contributed by atoms with van der Waals surface area (Å²) in [6, 6.07) is 3.77. The fourth-order valence-corrected chi connectivity index (χ4v) is 3.72. The molecule has 0 spiro atoms. The maximum absolute atomic E-state index is 5.88. The standard InChI is InChI=1S/C14H15ClN4S2/c1-2-5-16-9-11-13(18-14-19(11)6-7-20-14)21-12-4-3-10(15)8-17-12/h3-4,6-8,16H,2,5,9H2,1H3. The number of fused-ring (bicyclic) bond motifs is 1. The molecule has 4 nitrogen and oxygen atoms in total. The monoisotopic (exact) mass is 338 g/mol. The molecule has 0 radical (unpaired) electrons. The summed E-state index contributed by atoms with van der Waals surface area (Å²) in [6.07, 6.45) is 4.85. The van der Waals surface area contributed by atoms with Crippen molar-refractivity contribution in [2.45, 2.75) is 29.9 Å². The van der Waals surface area contributed by atoms with Crippen LogP contribution in [0.5, 0.6) is 0 Å². The van der Waals surface area contributed by atoms with Crippen molar-refractivity contribution in [3.05, 3.63) is 40.6 Å². The lowest BCUT2D eigenvalue weighted by Crippen LogP contribution is -2.15. The average molecular weight is 339 g/mol. The number of imidazole rings is 1. The molecular formula is C14H15ClN4S2. The molecule has 0 amide bonds. The maximum Gasteiger partial charge on any atom is 0.194 e. The van der Waals surface area contributed by atoms with E-state index >= 15 is 0 Å². The van der Waals surface area contributed by atoms with E-state index in [0.717, 1.165) is 34.5 Å². The van der Waals surface area contributed by atoms with Crippen LogP contribution in [0.4, 0.5) is 0 Å². The first-order valence-electron chi connectivity index (χ1n) is 6.72. The van der Waals surface area contributed by atoms with Gasteiger partial charge < -0.3 is 5.32 Å². The van der Waals surface area contributed by atoms with Gasteiger partial charge in [-0.15, -0.1) is 11.3 Å². The smallest absolute Gasteiger partial charge is 0.194 e. The van der Waals surface area contributed by atoms with Crippen molar-refractivity contribution in [2.75, 3.05) is 6.54 Å². The first kappa shape index (κ1) is 14.8. The molecule has 0 aliphatic rings. The quantitative estimate of drug-likeness (QED) is 0.687. The lowest BCUT2D eigenvalue weighted by atomic mass is 10.4. The Balaban J connectivity index is 1.87. The Bertz CT molecular complexity index is 720. The lowest BCUT2D eigenvalue weighted by Gasteiger charge is -2.05. The second kappa shape index (κ2) is 6.79. The van der Waals surface area contributed by atoms with Gasteiger partial charge >= 0.3 is 0 Å². The summed E-state index contributed by atoms with van der Waals surface area (Å²) in [5.41, 5.74) is 1.18. The molecule has 0 aliphatic carbocycles. The first-order chi connectivity index (χ1) is 10.3. The van der Waals surface area contributed by atoms with Gasteiger partial charge in [0.25, 0.3) is 0 Å². The van der Waals surface area contributed by atoms with Crippen LogP contribution in [0.15, 0.2) is 40.0 Å². The summed E-state index contributed by atoms with van der Waals surface area (Å²) >= 11 is 9.10. The number of pyridine rings is 1. The highest BCUT2D eigenvalue weighted by Crippen LogP contribution is 2.31. The summed E-state index contributed by atoms with van der Waals surface area (Å²) < 4.78 is 2.14. The Morgan fingerprint density at radius 2 is 2.33 bits per heavy atom. The first-order valence-corrected chi connectivity index (χ1v) is 8.80. The molecule has 0 saturated heterocycles. The zero-order valence-electron chi connectivity index (χ0n) is 11.5. The molecule has 0 saturated carbocycles. The van der Waals surface area contributed by atoms with E-state index in [9.17, 15) is 0 Å². The Morgan fingerprint density at radius 3 is 3.10 bits per heavy atom. The van der Waals surface area contributed by atoms with Crippen molar-refractivity contribution in [3.63, 3.8) is 0 Å². The highest BCUT2D eigenvalue weighted by atomic mass is 35.5. The zero-order valence-corrected chi connectivity index (χ0v) is 13.9. The van der Waals surface area contributed by atoms with E-state index < -0.39 is 0 Å². The third-order valence-electron chi connectivity index (χ3n) is 2.95. The lowest BCUT2D eigenvalue weighted by molar-refractivity contribution is 0.653. The minimum atomic E-state index is 0.648. The van der Waals surface area contributed by atoms with E-state index in [4.69, 9.17) is 16.6 Å². The van der Waals surface area contributed by atoms with Crippen LogP contribution in [0, 0.1) is 0 Å². The third-order valence-corrected chi connectivity index (χ3v) is 4.90. The zero-order chi connectivity index (χ0) is 14.7. The van der Waals surface area contributed by atoms with Gasteiger partial charge in [0.15, 0.2) is 4.96 Å². The molecule has 3 aromatic rings. The van der Waals surface area contributed by atoms with Gasteiger partial charge in [-0.3, -0.25) is 4.40 Å². The van der Waals surface area contributed by atoms with Crippen molar-refractivity contribution >= 4 is 39.7 Å². The van der Waals surface area contributed by atoms with Crippen LogP contribution >= 0.6 is 34.7 Å². The van der Waals surface area contributed by atoms with Gasteiger partial charge in [-0.2, -0.15) is 0 Å². The molecule has 0 atom stereocenters. The van der Waals surface area contributed by atoms with E-state index in [1.54, 1.807) is 29.3 Å². The Labute approximate surface area is 136 Å². The number of nitrogens with one attached hydrogen (secondary N) is 1. The summed E-state index contributed by atoms with van der Waals surface area (Å²) in [6.45, 7) is 3.97. The SMILES string of the molecule is CCCNCc1c(Sc2ccc(Cl)cn2)nc2sccn12. The van der Waals surface area contributed by atoms with Crippen molar-refractivity contribution in [3.8, 4) is 0 Å². The van der Waals surface area contributed by atoms with Gasteiger partial charge in [-0.25, -0.2) is 9.97 Å². The molecule has 110 valence electrons. The van der Waals surface area contributed by atoms with E-state index in [-0.39, 0.29) is 0 Å². The Hall–Kier alpha value is -1.08. The van der Waals surface area contributed by atoms with Crippen LogP contribution in [0.25, 0.3) is 4.96 Å². The minimum absolute atomic E-state index is 0.648.